The topological polar surface area (TPSA) is 146 Å². The summed E-state index contributed by atoms with van der Waals surface area (Å²) in [6.07, 6.45) is 9.14. The van der Waals surface area contributed by atoms with Crippen molar-refractivity contribution in [1.29, 1.82) is 0 Å². The predicted molar refractivity (Wildman–Crippen MR) is 215 cm³/mol. The molecule has 0 spiro atoms. The third-order valence-electron chi connectivity index (χ3n) is 10.3. The number of rotatable bonds is 8. The smallest absolute Gasteiger partial charge is 0.407 e. The Morgan fingerprint density at radius 3 is 2.51 bits per heavy atom. The maximum Gasteiger partial charge on any atom is 0.407 e. The number of nitrogens with one attached hydrogen (secondary N) is 3. The van der Waals surface area contributed by atoms with E-state index in [2.05, 4.69) is 86.2 Å². The molecular formula is C42H53N7O5S. The molecule has 0 aliphatic carbocycles. The second-order valence-electron chi connectivity index (χ2n) is 15.1. The second kappa shape index (κ2) is 18.7. The summed E-state index contributed by atoms with van der Waals surface area (Å²) in [5, 5.41) is 5.32. The Hall–Kier alpha value is -4.80. The normalized spacial score (nSPS) is 19.2. The molecule has 2 aromatic heterocycles. The van der Waals surface area contributed by atoms with Crippen LogP contribution in [0, 0.1) is 29.6 Å². The molecule has 292 valence electrons. The van der Waals surface area contributed by atoms with Gasteiger partial charge in [-0.2, -0.15) is 0 Å². The van der Waals surface area contributed by atoms with Crippen molar-refractivity contribution in [3.05, 3.63) is 72.2 Å². The monoisotopic (exact) mass is 767 g/mol. The van der Waals surface area contributed by atoms with E-state index in [1.54, 1.807) is 17.4 Å². The van der Waals surface area contributed by atoms with Crippen LogP contribution in [-0.2, 0) is 19.1 Å². The highest BCUT2D eigenvalue weighted by Gasteiger charge is 2.38. The minimum absolute atomic E-state index is 0.0834. The average Bonchev–Trinajstić information content (AvgIpc) is 4.03. The van der Waals surface area contributed by atoms with Gasteiger partial charge in [-0.3, -0.25) is 9.59 Å². The van der Waals surface area contributed by atoms with Gasteiger partial charge in [0.25, 0.3) is 0 Å². The SMILES string of the molecule is CC(C)CC(=O)N1CCSC1C1CCOCC1.COC(=O)NC(C(=O)N1CCCC1c1ncc(C#Cc2ccc3cc(-c4cnc[nH]4)ccc3c2)[nH]1)C(C)C. The van der Waals surface area contributed by atoms with Crippen molar-refractivity contribution < 1.29 is 23.9 Å². The molecule has 12 nitrogen and oxygen atoms in total. The van der Waals surface area contributed by atoms with Crippen molar-refractivity contribution in [3.63, 3.8) is 0 Å². The molecule has 0 radical (unpaired) electrons. The highest BCUT2D eigenvalue weighted by Crippen LogP contribution is 2.36. The van der Waals surface area contributed by atoms with E-state index in [0.29, 0.717) is 47.6 Å². The first-order valence-corrected chi connectivity index (χ1v) is 20.4. The Kier molecular flexibility index (Phi) is 13.6. The van der Waals surface area contributed by atoms with Crippen molar-refractivity contribution in [2.24, 2.45) is 17.8 Å². The van der Waals surface area contributed by atoms with Crippen molar-refractivity contribution in [2.45, 2.75) is 77.3 Å². The molecule has 2 aromatic carbocycles. The number of carbonyl (C=O) groups is 3. The lowest BCUT2D eigenvalue weighted by atomic mass is 9.98. The van der Waals surface area contributed by atoms with E-state index in [4.69, 9.17) is 9.47 Å². The van der Waals surface area contributed by atoms with Crippen LogP contribution in [0.3, 0.4) is 0 Å². The minimum Gasteiger partial charge on any atom is -0.453 e. The summed E-state index contributed by atoms with van der Waals surface area (Å²) in [6, 6.07) is 11.5. The van der Waals surface area contributed by atoms with Crippen LogP contribution < -0.4 is 5.32 Å². The van der Waals surface area contributed by atoms with Crippen LogP contribution in [-0.4, -0.2) is 98.2 Å². The number of alkyl carbamates (subject to hydrolysis) is 1. The Morgan fingerprint density at radius 1 is 1.00 bits per heavy atom. The number of likely N-dealkylation sites (tertiary alicyclic amines) is 1. The highest BCUT2D eigenvalue weighted by molar-refractivity contribution is 8.00. The van der Waals surface area contributed by atoms with Crippen LogP contribution in [0.25, 0.3) is 22.0 Å². The molecule has 4 aromatic rings. The minimum atomic E-state index is -0.666. The lowest BCUT2D eigenvalue weighted by Crippen LogP contribution is -2.51. The number of nitrogens with zero attached hydrogens (tertiary/aromatic N) is 4. The van der Waals surface area contributed by atoms with Crippen molar-refractivity contribution in [1.82, 2.24) is 35.1 Å². The van der Waals surface area contributed by atoms with Crippen molar-refractivity contribution in [2.75, 3.05) is 39.2 Å². The van der Waals surface area contributed by atoms with Gasteiger partial charge in [-0.1, -0.05) is 51.8 Å². The first kappa shape index (κ1) is 39.9. The number of carbonyl (C=O) groups excluding carboxylic acids is 3. The number of imidazole rings is 2. The Labute approximate surface area is 327 Å². The van der Waals surface area contributed by atoms with Gasteiger partial charge in [0.2, 0.25) is 11.8 Å². The van der Waals surface area contributed by atoms with Crippen LogP contribution in [0.15, 0.2) is 55.1 Å². The highest BCUT2D eigenvalue weighted by atomic mass is 32.2. The number of amides is 3. The zero-order chi connectivity index (χ0) is 38.9. The van der Waals surface area contributed by atoms with Gasteiger partial charge in [-0.05, 0) is 78.3 Å². The fourth-order valence-electron chi connectivity index (χ4n) is 7.42. The third-order valence-corrected chi connectivity index (χ3v) is 11.7. The predicted octanol–water partition coefficient (Wildman–Crippen LogP) is 6.76. The van der Waals surface area contributed by atoms with Crippen LogP contribution in [0.4, 0.5) is 4.79 Å². The number of thioether (sulfide) groups is 1. The molecule has 3 atom stereocenters. The summed E-state index contributed by atoms with van der Waals surface area (Å²) in [6.45, 7) is 11.3. The molecule has 3 aliphatic heterocycles. The van der Waals surface area contributed by atoms with Crippen LogP contribution in [0.2, 0.25) is 0 Å². The number of aromatic nitrogens is 4. The van der Waals surface area contributed by atoms with E-state index in [1.807, 2.05) is 37.9 Å². The Balaban J connectivity index is 0.000000252. The zero-order valence-corrected chi connectivity index (χ0v) is 33.3. The molecule has 55 heavy (non-hydrogen) atoms. The molecular weight excluding hydrogens is 715 g/mol. The fraction of sp³-hybridized carbons (Fsp3) is 0.500. The van der Waals surface area contributed by atoms with Crippen molar-refractivity contribution >= 4 is 40.4 Å². The average molecular weight is 768 g/mol. The van der Waals surface area contributed by atoms with E-state index in [9.17, 15) is 14.4 Å². The molecule has 3 unspecified atom stereocenters. The molecule has 7 rings (SSSR count). The molecule has 3 fully saturated rings. The number of H-pyrrole nitrogens is 2. The number of benzene rings is 2. The maximum absolute atomic E-state index is 13.3. The summed E-state index contributed by atoms with van der Waals surface area (Å²) in [7, 11) is 1.29. The van der Waals surface area contributed by atoms with Gasteiger partial charge in [0, 0.05) is 49.6 Å². The number of hydrogen-bond acceptors (Lipinski definition) is 8. The fourth-order valence-corrected chi connectivity index (χ4v) is 8.91. The summed E-state index contributed by atoms with van der Waals surface area (Å²) in [5.74, 6) is 9.42. The Bertz CT molecular complexity index is 1980. The number of fused-ring (bicyclic) bond motifs is 1. The number of aromatic amines is 2. The van der Waals surface area contributed by atoms with Crippen LogP contribution in [0.1, 0.15) is 82.9 Å². The molecule has 3 amide bonds. The van der Waals surface area contributed by atoms with Gasteiger partial charge in [0.15, 0.2) is 0 Å². The third kappa shape index (κ3) is 10.1. The number of hydrogen-bond donors (Lipinski definition) is 3. The molecule has 3 N–H and O–H groups in total. The van der Waals surface area contributed by atoms with Gasteiger partial charge in [-0.25, -0.2) is 14.8 Å². The van der Waals surface area contributed by atoms with Gasteiger partial charge >= 0.3 is 6.09 Å². The molecule has 5 heterocycles. The molecule has 13 heteroatoms. The standard InChI is InChI=1S/C29H30N6O3.C13H23NO2S/c1-18(2)26(34-29(37)38-3)28(36)35-12-4-5-25(35)27-31-15-23(33-27)11-7-19-6-8-21-14-22(10-9-20(21)13-19)24-16-30-17-32-24;1-10(2)9-12(15)14-5-8-17-13(14)11-3-6-16-7-4-11/h6,8-10,13-18,25-26H,4-5,12H2,1-3H3,(H,30,32)(H,31,33)(H,34,37);10-11,13H,3-9H2,1-2H3. The van der Waals surface area contributed by atoms with Crippen LogP contribution in [0.5, 0.6) is 0 Å². The van der Waals surface area contributed by atoms with Crippen LogP contribution >= 0.6 is 11.8 Å². The maximum atomic E-state index is 13.3. The molecule has 0 saturated carbocycles. The number of methoxy groups -OCH3 is 1. The van der Waals surface area contributed by atoms with Gasteiger partial charge < -0.3 is 34.6 Å². The summed E-state index contributed by atoms with van der Waals surface area (Å²) in [5.41, 5.74) is 3.64. The number of ether oxygens (including phenoxy) is 2. The summed E-state index contributed by atoms with van der Waals surface area (Å²) < 4.78 is 10.1. The second-order valence-corrected chi connectivity index (χ2v) is 16.3. The largest absolute Gasteiger partial charge is 0.453 e. The quantitative estimate of drug-likeness (QED) is 0.167. The summed E-state index contributed by atoms with van der Waals surface area (Å²) in [4.78, 5) is 56.3. The first-order valence-electron chi connectivity index (χ1n) is 19.3. The summed E-state index contributed by atoms with van der Waals surface area (Å²) >= 11 is 1.96. The van der Waals surface area contributed by atoms with Gasteiger partial charge in [0.1, 0.15) is 17.6 Å². The van der Waals surface area contributed by atoms with E-state index in [0.717, 1.165) is 78.8 Å². The van der Waals surface area contributed by atoms with E-state index in [1.165, 1.54) is 7.11 Å². The first-order chi connectivity index (χ1) is 26.6. The zero-order valence-electron chi connectivity index (χ0n) is 32.5. The molecule has 0 bridgehead atoms. The molecule has 3 saturated heterocycles. The van der Waals surface area contributed by atoms with E-state index in [-0.39, 0.29) is 17.9 Å². The lowest BCUT2D eigenvalue weighted by Gasteiger charge is -2.33. The van der Waals surface area contributed by atoms with Gasteiger partial charge in [-0.15, -0.1) is 11.8 Å². The Morgan fingerprint density at radius 2 is 1.78 bits per heavy atom. The van der Waals surface area contributed by atoms with Crippen molar-refractivity contribution in [3.8, 4) is 23.1 Å². The van der Waals surface area contributed by atoms with E-state index < -0.39 is 12.1 Å². The van der Waals surface area contributed by atoms with Gasteiger partial charge in [0.05, 0.1) is 42.9 Å². The lowest BCUT2D eigenvalue weighted by molar-refractivity contribution is -0.135. The molecule has 3 aliphatic rings. The van der Waals surface area contributed by atoms with E-state index >= 15 is 0 Å².